The van der Waals surface area contributed by atoms with Gasteiger partial charge in [-0.25, -0.2) is 4.98 Å². The molecule has 116 valence electrons. The molecule has 1 aliphatic rings. The van der Waals surface area contributed by atoms with Gasteiger partial charge >= 0.3 is 0 Å². The molecule has 1 saturated heterocycles. The van der Waals surface area contributed by atoms with E-state index in [-0.39, 0.29) is 11.9 Å². The molecule has 1 fully saturated rings. The van der Waals surface area contributed by atoms with Crippen molar-refractivity contribution < 1.29 is 9.90 Å². The molecule has 3 rings (SSSR count). The molecule has 22 heavy (non-hydrogen) atoms. The fourth-order valence-corrected chi connectivity index (χ4v) is 2.73. The van der Waals surface area contributed by atoms with Crippen LogP contribution in [0.2, 0.25) is 0 Å². The van der Waals surface area contributed by atoms with Crippen molar-refractivity contribution in [3.63, 3.8) is 0 Å². The minimum atomic E-state index is -0.460. The second-order valence-corrected chi connectivity index (χ2v) is 6.26. The highest BCUT2D eigenvalue weighted by molar-refractivity contribution is 9.10. The van der Waals surface area contributed by atoms with Crippen LogP contribution in [0.25, 0.3) is 0 Å². The van der Waals surface area contributed by atoms with E-state index in [1.165, 1.54) is 0 Å². The lowest BCUT2D eigenvalue weighted by Gasteiger charge is -2.12. The number of halogens is 1. The van der Waals surface area contributed by atoms with Crippen LogP contribution in [0.3, 0.4) is 0 Å². The van der Waals surface area contributed by atoms with Crippen LogP contribution in [0.15, 0.2) is 41.1 Å². The number of aliphatic hydroxyl groups is 1. The first-order valence-electron chi connectivity index (χ1n) is 7.10. The lowest BCUT2D eigenvalue weighted by Crippen LogP contribution is -2.36. The maximum atomic E-state index is 12.2. The molecule has 0 unspecified atom stereocenters. The van der Waals surface area contributed by atoms with Gasteiger partial charge in [-0.05, 0) is 24.1 Å². The van der Waals surface area contributed by atoms with Crippen LogP contribution in [-0.4, -0.2) is 39.3 Å². The zero-order valence-corrected chi connectivity index (χ0v) is 13.5. The van der Waals surface area contributed by atoms with Crippen molar-refractivity contribution in [2.45, 2.75) is 25.1 Å². The highest BCUT2D eigenvalue weighted by Crippen LogP contribution is 2.15. The Labute approximate surface area is 136 Å². The average Bonchev–Trinajstić information content (AvgIpc) is 3.11. The number of β-amino-alcohol motifs (C(OH)–C–C–N with tert-alkyl or cyclic N) is 1. The van der Waals surface area contributed by atoms with E-state index in [4.69, 9.17) is 0 Å². The molecule has 2 heterocycles. The number of anilines is 1. The van der Waals surface area contributed by atoms with E-state index in [1.54, 1.807) is 6.20 Å². The molecule has 0 bridgehead atoms. The maximum Gasteiger partial charge on any atom is 0.243 e. The molecule has 3 N–H and O–H groups in total. The highest BCUT2D eigenvalue weighted by atomic mass is 79.9. The van der Waals surface area contributed by atoms with Crippen LogP contribution < -0.4 is 10.6 Å². The summed E-state index contributed by atoms with van der Waals surface area (Å²) in [5, 5.41) is 15.3. The monoisotopic (exact) mass is 364 g/mol. The normalized spacial score (nSPS) is 21.0. The van der Waals surface area contributed by atoms with Crippen LogP contribution in [0.5, 0.6) is 0 Å². The zero-order valence-electron chi connectivity index (χ0n) is 11.9. The Bertz CT molecular complexity index is 656. The molecule has 0 radical (unpaired) electrons. The highest BCUT2D eigenvalue weighted by Gasteiger charge is 2.28. The fraction of sp³-hybridized carbons (Fsp3) is 0.333. The van der Waals surface area contributed by atoms with E-state index in [2.05, 4.69) is 31.5 Å². The summed E-state index contributed by atoms with van der Waals surface area (Å²) in [4.78, 5) is 16.4. The van der Waals surface area contributed by atoms with E-state index < -0.39 is 6.10 Å². The van der Waals surface area contributed by atoms with Gasteiger partial charge in [-0.1, -0.05) is 28.1 Å². The first-order chi connectivity index (χ1) is 10.6. The number of aliphatic hydroxyl groups excluding tert-OH is 1. The second-order valence-electron chi connectivity index (χ2n) is 5.34. The molecule has 0 aliphatic carbocycles. The van der Waals surface area contributed by atoms with Crippen LogP contribution in [0.1, 0.15) is 12.0 Å². The number of nitrogens with zero attached hydrogens (tertiary/aromatic N) is 2. The van der Waals surface area contributed by atoms with E-state index >= 15 is 0 Å². The Morgan fingerprint density at radius 2 is 2.23 bits per heavy atom. The van der Waals surface area contributed by atoms with Crippen molar-refractivity contribution in [3.05, 3.63) is 46.7 Å². The Morgan fingerprint density at radius 3 is 2.91 bits per heavy atom. The maximum absolute atomic E-state index is 12.2. The summed E-state index contributed by atoms with van der Waals surface area (Å²) < 4.78 is 2.91. The molecule has 1 aromatic heterocycles. The largest absolute Gasteiger partial charge is 0.392 e. The van der Waals surface area contributed by atoms with Gasteiger partial charge in [0.1, 0.15) is 0 Å². The number of amides is 1. The van der Waals surface area contributed by atoms with E-state index in [1.807, 2.05) is 35.0 Å². The SMILES string of the molecule is O=C(Nc1nccn1Cc1ccc(Br)cc1)[C@H]1C[C@@H](O)CN1. The molecular formula is C15H17BrN4O2. The van der Waals surface area contributed by atoms with Crippen LogP contribution >= 0.6 is 15.9 Å². The molecule has 1 aromatic carbocycles. The fourth-order valence-electron chi connectivity index (χ4n) is 2.46. The molecule has 6 nitrogen and oxygen atoms in total. The van der Waals surface area contributed by atoms with Gasteiger partial charge in [0, 0.05) is 23.4 Å². The number of benzene rings is 1. The van der Waals surface area contributed by atoms with Crippen molar-refractivity contribution in [1.82, 2.24) is 14.9 Å². The van der Waals surface area contributed by atoms with Gasteiger partial charge in [0.15, 0.2) is 0 Å². The Balaban J connectivity index is 1.67. The number of hydrogen-bond acceptors (Lipinski definition) is 4. The third kappa shape index (κ3) is 3.55. The number of aromatic nitrogens is 2. The number of hydrogen-bond donors (Lipinski definition) is 3. The Hall–Kier alpha value is -1.70. The van der Waals surface area contributed by atoms with E-state index in [0.717, 1.165) is 10.0 Å². The summed E-state index contributed by atoms with van der Waals surface area (Å²) in [6.07, 6.45) is 3.46. The van der Waals surface area contributed by atoms with Gasteiger partial charge in [0.25, 0.3) is 0 Å². The molecule has 1 amide bonds. The summed E-state index contributed by atoms with van der Waals surface area (Å²) in [5.41, 5.74) is 1.12. The number of nitrogens with one attached hydrogen (secondary N) is 2. The molecule has 0 spiro atoms. The van der Waals surface area contributed by atoms with Crippen LogP contribution in [0.4, 0.5) is 5.95 Å². The molecule has 0 saturated carbocycles. The minimum Gasteiger partial charge on any atom is -0.392 e. The Morgan fingerprint density at radius 1 is 1.45 bits per heavy atom. The number of imidazole rings is 1. The van der Waals surface area contributed by atoms with Crippen molar-refractivity contribution >= 4 is 27.8 Å². The van der Waals surface area contributed by atoms with Gasteiger partial charge < -0.3 is 15.0 Å². The quantitative estimate of drug-likeness (QED) is 0.765. The van der Waals surface area contributed by atoms with Crippen LogP contribution in [-0.2, 0) is 11.3 Å². The predicted molar refractivity (Wildman–Crippen MR) is 86.5 cm³/mol. The third-order valence-corrected chi connectivity index (χ3v) is 4.17. The summed E-state index contributed by atoms with van der Waals surface area (Å²) in [7, 11) is 0. The number of carbonyl (C=O) groups is 1. The zero-order chi connectivity index (χ0) is 15.5. The molecule has 2 atom stereocenters. The van der Waals surface area contributed by atoms with Gasteiger partial charge in [-0.15, -0.1) is 0 Å². The van der Waals surface area contributed by atoms with E-state index in [9.17, 15) is 9.90 Å². The van der Waals surface area contributed by atoms with Crippen molar-refractivity contribution in [2.75, 3.05) is 11.9 Å². The summed E-state index contributed by atoms with van der Waals surface area (Å²) in [6, 6.07) is 7.63. The van der Waals surface area contributed by atoms with Crippen molar-refractivity contribution in [3.8, 4) is 0 Å². The average molecular weight is 365 g/mol. The third-order valence-electron chi connectivity index (χ3n) is 3.64. The van der Waals surface area contributed by atoms with Gasteiger partial charge in [-0.2, -0.15) is 0 Å². The van der Waals surface area contributed by atoms with Crippen molar-refractivity contribution in [2.24, 2.45) is 0 Å². The first kappa shape index (κ1) is 15.2. The van der Waals surface area contributed by atoms with E-state index in [0.29, 0.717) is 25.5 Å². The molecular weight excluding hydrogens is 348 g/mol. The van der Waals surface area contributed by atoms with Crippen LogP contribution in [0, 0.1) is 0 Å². The topological polar surface area (TPSA) is 79.2 Å². The van der Waals surface area contributed by atoms with Crippen molar-refractivity contribution in [1.29, 1.82) is 0 Å². The lowest BCUT2D eigenvalue weighted by atomic mass is 10.2. The van der Waals surface area contributed by atoms with Gasteiger partial charge in [-0.3, -0.25) is 10.1 Å². The molecule has 2 aromatic rings. The standard InChI is InChI=1S/C15H17BrN4O2/c16-11-3-1-10(2-4-11)9-20-6-5-17-15(20)19-14(22)13-7-12(21)8-18-13/h1-6,12-13,18,21H,7-9H2,(H,17,19,22)/t12-,13-/m1/s1. The van der Waals surface area contributed by atoms with Gasteiger partial charge in [0.2, 0.25) is 11.9 Å². The minimum absolute atomic E-state index is 0.167. The molecule has 1 aliphatic heterocycles. The summed E-state index contributed by atoms with van der Waals surface area (Å²) in [5.74, 6) is 0.343. The summed E-state index contributed by atoms with van der Waals surface area (Å²) in [6.45, 7) is 1.08. The summed E-state index contributed by atoms with van der Waals surface area (Å²) >= 11 is 3.41. The lowest BCUT2D eigenvalue weighted by molar-refractivity contribution is -0.118. The first-order valence-corrected chi connectivity index (χ1v) is 7.89. The number of rotatable bonds is 4. The van der Waals surface area contributed by atoms with Gasteiger partial charge in [0.05, 0.1) is 18.7 Å². The Kier molecular flexibility index (Phi) is 4.56. The smallest absolute Gasteiger partial charge is 0.243 e. The molecule has 7 heteroatoms. The predicted octanol–water partition coefficient (Wildman–Crippen LogP) is 1.36. The second kappa shape index (κ2) is 6.60. The number of carbonyl (C=O) groups excluding carboxylic acids is 1.